The van der Waals surface area contributed by atoms with Crippen LogP contribution in [0.25, 0.3) is 0 Å². The van der Waals surface area contributed by atoms with E-state index < -0.39 is 0 Å². The van der Waals surface area contributed by atoms with E-state index in [1.54, 1.807) is 0 Å². The molecule has 1 saturated heterocycles. The zero-order chi connectivity index (χ0) is 9.68. The third-order valence-electron chi connectivity index (χ3n) is 2.46. The molecule has 1 heterocycles. The first-order valence-electron chi connectivity index (χ1n) is 4.54. The molecule has 1 fully saturated rings. The van der Waals surface area contributed by atoms with Gasteiger partial charge in [-0.2, -0.15) is 0 Å². The summed E-state index contributed by atoms with van der Waals surface area (Å²) in [5.74, 6) is 0.481. The molecule has 0 atom stereocenters. The summed E-state index contributed by atoms with van der Waals surface area (Å²) in [6, 6.07) is 0. The Balaban J connectivity index is 2.25. The van der Waals surface area contributed by atoms with E-state index in [-0.39, 0.29) is 0 Å². The van der Waals surface area contributed by atoms with Crippen molar-refractivity contribution in [2.24, 2.45) is 5.92 Å². The van der Waals surface area contributed by atoms with Crippen LogP contribution in [0.5, 0.6) is 0 Å². The number of aliphatic hydroxyl groups is 1. The number of hydrogen-bond donors (Lipinski definition) is 1. The minimum Gasteiger partial charge on any atom is -0.396 e. The fraction of sp³-hybridized carbons (Fsp3) is 0.778. The first-order chi connectivity index (χ1) is 6.26. The van der Waals surface area contributed by atoms with E-state index in [9.17, 15) is 0 Å². The van der Waals surface area contributed by atoms with Gasteiger partial charge in [0.15, 0.2) is 0 Å². The quantitative estimate of drug-likeness (QED) is 0.792. The SMILES string of the molecule is OCC1CCN(CC(Cl)=CCl)CC1. The third kappa shape index (κ3) is 3.86. The molecule has 2 nitrogen and oxygen atoms in total. The molecular weight excluding hydrogens is 209 g/mol. The van der Waals surface area contributed by atoms with Crippen molar-refractivity contribution in [2.75, 3.05) is 26.2 Å². The van der Waals surface area contributed by atoms with Gasteiger partial charge in [-0.15, -0.1) is 0 Å². The van der Waals surface area contributed by atoms with Crippen molar-refractivity contribution >= 4 is 23.2 Å². The van der Waals surface area contributed by atoms with Gasteiger partial charge in [-0.3, -0.25) is 4.90 Å². The first kappa shape index (κ1) is 11.3. The summed E-state index contributed by atoms with van der Waals surface area (Å²) >= 11 is 11.3. The molecule has 0 aromatic rings. The van der Waals surface area contributed by atoms with Crippen molar-refractivity contribution in [3.05, 3.63) is 10.6 Å². The van der Waals surface area contributed by atoms with Crippen LogP contribution in [-0.2, 0) is 0 Å². The standard InChI is InChI=1S/C9H15Cl2NO/c10-5-9(11)6-12-3-1-8(7-13)2-4-12/h5,8,13H,1-4,6-7H2. The molecule has 1 rings (SSSR count). The van der Waals surface area contributed by atoms with E-state index >= 15 is 0 Å². The van der Waals surface area contributed by atoms with Crippen LogP contribution in [0.4, 0.5) is 0 Å². The van der Waals surface area contributed by atoms with Crippen LogP contribution >= 0.6 is 23.2 Å². The molecule has 4 heteroatoms. The molecular formula is C9H15Cl2NO. The smallest absolute Gasteiger partial charge is 0.0460 e. The Morgan fingerprint density at radius 1 is 1.46 bits per heavy atom. The van der Waals surface area contributed by atoms with Crippen molar-refractivity contribution in [3.8, 4) is 0 Å². The molecule has 0 saturated carbocycles. The van der Waals surface area contributed by atoms with Gasteiger partial charge in [0.2, 0.25) is 0 Å². The maximum atomic E-state index is 8.93. The van der Waals surface area contributed by atoms with Gasteiger partial charge >= 0.3 is 0 Å². The van der Waals surface area contributed by atoms with Gasteiger partial charge in [-0.1, -0.05) is 23.2 Å². The van der Waals surface area contributed by atoms with Gasteiger partial charge in [-0.05, 0) is 31.8 Å². The van der Waals surface area contributed by atoms with Crippen LogP contribution in [0.15, 0.2) is 10.6 Å². The van der Waals surface area contributed by atoms with Crippen molar-refractivity contribution < 1.29 is 5.11 Å². The summed E-state index contributed by atoms with van der Waals surface area (Å²) in [6.45, 7) is 3.06. The van der Waals surface area contributed by atoms with Gasteiger partial charge in [0.1, 0.15) is 0 Å². The molecule has 1 N–H and O–H groups in total. The topological polar surface area (TPSA) is 23.5 Å². The van der Waals surface area contributed by atoms with E-state index in [1.165, 1.54) is 5.54 Å². The second-order valence-corrected chi connectivity index (χ2v) is 4.16. The second kappa shape index (κ2) is 5.86. The number of halogens is 2. The van der Waals surface area contributed by atoms with Crippen LogP contribution in [0.3, 0.4) is 0 Å². The summed E-state index contributed by atoms with van der Waals surface area (Å²) in [4.78, 5) is 2.26. The zero-order valence-corrected chi connectivity index (χ0v) is 9.06. The molecule has 0 aromatic heterocycles. The maximum Gasteiger partial charge on any atom is 0.0460 e. The second-order valence-electron chi connectivity index (χ2n) is 3.46. The molecule has 0 aromatic carbocycles. The van der Waals surface area contributed by atoms with Gasteiger partial charge in [0.05, 0.1) is 0 Å². The Morgan fingerprint density at radius 2 is 2.08 bits per heavy atom. The lowest BCUT2D eigenvalue weighted by Gasteiger charge is -2.30. The van der Waals surface area contributed by atoms with E-state index in [1.807, 2.05) is 0 Å². The number of likely N-dealkylation sites (tertiary alicyclic amines) is 1. The largest absolute Gasteiger partial charge is 0.396 e. The Labute approximate surface area is 89.1 Å². The minimum atomic E-state index is 0.312. The Morgan fingerprint density at radius 3 is 2.54 bits per heavy atom. The normalized spacial score (nSPS) is 22.2. The molecule has 0 spiro atoms. The lowest BCUT2D eigenvalue weighted by Crippen LogP contribution is -2.35. The molecule has 1 aliphatic rings. The average Bonchev–Trinajstić information content (AvgIpc) is 2.19. The summed E-state index contributed by atoms with van der Waals surface area (Å²) < 4.78 is 0. The number of hydrogen-bond acceptors (Lipinski definition) is 2. The van der Waals surface area contributed by atoms with E-state index in [0.717, 1.165) is 32.5 Å². The van der Waals surface area contributed by atoms with E-state index in [4.69, 9.17) is 28.3 Å². The molecule has 0 unspecified atom stereocenters. The van der Waals surface area contributed by atoms with Crippen molar-refractivity contribution in [2.45, 2.75) is 12.8 Å². The first-order valence-corrected chi connectivity index (χ1v) is 5.35. The van der Waals surface area contributed by atoms with Crippen LogP contribution in [0.1, 0.15) is 12.8 Å². The Hall–Kier alpha value is 0.240. The predicted octanol–water partition coefficient (Wildman–Crippen LogP) is 2.01. The fourth-order valence-corrected chi connectivity index (χ4v) is 1.81. The molecule has 0 aliphatic carbocycles. The maximum absolute atomic E-state index is 8.93. The third-order valence-corrected chi connectivity index (χ3v) is 3.06. The lowest BCUT2D eigenvalue weighted by molar-refractivity contribution is 0.139. The van der Waals surface area contributed by atoms with Crippen molar-refractivity contribution in [1.82, 2.24) is 4.90 Å². The number of rotatable bonds is 3. The van der Waals surface area contributed by atoms with Crippen molar-refractivity contribution in [3.63, 3.8) is 0 Å². The van der Waals surface area contributed by atoms with Gasteiger partial charge in [0, 0.05) is 23.7 Å². The zero-order valence-electron chi connectivity index (χ0n) is 7.55. The Kier molecular flexibility index (Phi) is 5.10. The molecule has 13 heavy (non-hydrogen) atoms. The minimum absolute atomic E-state index is 0.312. The highest BCUT2D eigenvalue weighted by atomic mass is 35.5. The average molecular weight is 224 g/mol. The number of aliphatic hydroxyl groups excluding tert-OH is 1. The lowest BCUT2D eigenvalue weighted by atomic mass is 9.98. The number of piperidine rings is 1. The molecule has 76 valence electrons. The fourth-order valence-electron chi connectivity index (χ4n) is 1.58. The van der Waals surface area contributed by atoms with E-state index in [0.29, 0.717) is 17.6 Å². The molecule has 0 radical (unpaired) electrons. The summed E-state index contributed by atoms with van der Waals surface area (Å²) in [6.07, 6.45) is 2.12. The summed E-state index contributed by atoms with van der Waals surface area (Å²) in [5, 5.41) is 9.61. The summed E-state index contributed by atoms with van der Waals surface area (Å²) in [5.41, 5.74) is 1.42. The van der Waals surface area contributed by atoms with Crippen LogP contribution in [-0.4, -0.2) is 36.2 Å². The highest BCUT2D eigenvalue weighted by molar-refractivity contribution is 6.36. The van der Waals surface area contributed by atoms with Crippen LogP contribution in [0, 0.1) is 5.92 Å². The van der Waals surface area contributed by atoms with Crippen molar-refractivity contribution in [1.29, 1.82) is 0 Å². The number of nitrogens with zero attached hydrogens (tertiary/aromatic N) is 1. The molecule has 1 aliphatic heterocycles. The highest BCUT2D eigenvalue weighted by Crippen LogP contribution is 2.18. The van der Waals surface area contributed by atoms with E-state index in [2.05, 4.69) is 4.90 Å². The molecule has 0 amide bonds. The molecule has 0 bridgehead atoms. The van der Waals surface area contributed by atoms with Gasteiger partial charge < -0.3 is 5.11 Å². The van der Waals surface area contributed by atoms with Gasteiger partial charge in [0.25, 0.3) is 0 Å². The van der Waals surface area contributed by atoms with Crippen LogP contribution in [0.2, 0.25) is 0 Å². The predicted molar refractivity (Wildman–Crippen MR) is 56.0 cm³/mol. The Bertz CT molecular complexity index is 176. The monoisotopic (exact) mass is 223 g/mol. The summed E-state index contributed by atoms with van der Waals surface area (Å²) in [7, 11) is 0. The van der Waals surface area contributed by atoms with Gasteiger partial charge in [-0.25, -0.2) is 0 Å². The highest BCUT2D eigenvalue weighted by Gasteiger charge is 2.18. The van der Waals surface area contributed by atoms with Crippen LogP contribution < -0.4 is 0 Å².